The molecule has 0 unspecified atom stereocenters. The van der Waals surface area contributed by atoms with Gasteiger partial charge in [-0.15, -0.1) is 0 Å². The quantitative estimate of drug-likeness (QED) is 0.0850. The van der Waals surface area contributed by atoms with Gasteiger partial charge in [-0.1, -0.05) is 35.4 Å². The Bertz CT molecular complexity index is 2090. The number of aromatic nitrogens is 2. The topological polar surface area (TPSA) is 195 Å². The van der Waals surface area contributed by atoms with E-state index in [0.29, 0.717) is 0 Å². The van der Waals surface area contributed by atoms with E-state index in [9.17, 15) is 31.2 Å². The van der Waals surface area contributed by atoms with Crippen molar-refractivity contribution in [2.24, 2.45) is 0 Å². The molecule has 4 rings (SSSR count). The van der Waals surface area contributed by atoms with E-state index in [1.54, 1.807) is 49.9 Å². The van der Waals surface area contributed by atoms with Gasteiger partial charge in [0.05, 0.1) is 64.5 Å². The molecule has 0 bridgehead atoms. The normalized spacial score (nSPS) is 12.0. The lowest BCUT2D eigenvalue weighted by molar-refractivity contribution is -0.156. The van der Waals surface area contributed by atoms with E-state index in [4.69, 9.17) is 22.6 Å². The first-order valence-corrected chi connectivity index (χ1v) is 19.6. The minimum absolute atomic E-state index is 0.0380. The van der Waals surface area contributed by atoms with Crippen molar-refractivity contribution < 1.29 is 53.8 Å². The Hall–Kier alpha value is -5.07. The summed E-state index contributed by atoms with van der Waals surface area (Å²) < 4.78 is 77.6. The second kappa shape index (κ2) is 18.0. The second-order valence-electron chi connectivity index (χ2n) is 13.5. The Balaban J connectivity index is 1.67. The van der Waals surface area contributed by atoms with Crippen LogP contribution in [0, 0.1) is 13.8 Å². The minimum atomic E-state index is -4.19. The van der Waals surface area contributed by atoms with E-state index in [2.05, 4.69) is 9.97 Å². The number of hydrogen-bond donors (Lipinski definition) is 0. The average Bonchev–Trinajstić information content (AvgIpc) is 3.12. The molecular weight excluding hydrogens is 755 g/mol. The number of hydrogen-bond acceptors (Lipinski definition) is 15. The first-order valence-electron chi connectivity index (χ1n) is 16.8. The lowest BCUT2D eigenvalue weighted by Crippen LogP contribution is -2.35. The summed E-state index contributed by atoms with van der Waals surface area (Å²) in [5, 5.41) is 0. The molecule has 0 spiro atoms. The maximum atomic E-state index is 13.1. The van der Waals surface area contributed by atoms with Crippen molar-refractivity contribution in [3.8, 4) is 0 Å². The van der Waals surface area contributed by atoms with E-state index in [-0.39, 0.29) is 63.3 Å². The molecule has 0 radical (unpaired) electrons. The first-order chi connectivity index (χ1) is 25.8. The molecule has 2 aromatic heterocycles. The first kappa shape index (κ1) is 42.7. The summed E-state index contributed by atoms with van der Waals surface area (Å²) in [5.74, 6) is -2.09. The Morgan fingerprint density at radius 1 is 0.618 bits per heavy atom. The van der Waals surface area contributed by atoms with Gasteiger partial charge in [-0.05, 0) is 83.1 Å². The number of nitrogens with zero attached hydrogens (tertiary/aromatic N) is 3. The molecular formula is C38H43N3O12S2. The average molecular weight is 798 g/mol. The molecule has 294 valence electrons. The Morgan fingerprint density at radius 3 is 1.33 bits per heavy atom. The number of benzene rings is 2. The highest BCUT2D eigenvalue weighted by Crippen LogP contribution is 2.20. The number of aryl methyl sites for hydroxylation is 2. The van der Waals surface area contributed by atoms with Crippen LogP contribution in [-0.2, 0) is 73.9 Å². The van der Waals surface area contributed by atoms with Crippen molar-refractivity contribution >= 4 is 38.1 Å². The SMILES string of the molecule is COC(=O)c1cc(COS(=O)(=O)c2ccc(C)cc2)nc(CN(CC(=O)OC(C)(C)C)Cc2cc(C(=O)OC)cc(COS(=O)(=O)c3ccc(C)cc3)n2)c1. The summed E-state index contributed by atoms with van der Waals surface area (Å²) >= 11 is 0. The predicted molar refractivity (Wildman–Crippen MR) is 197 cm³/mol. The van der Waals surface area contributed by atoms with E-state index in [1.807, 2.05) is 13.8 Å². The molecule has 0 aliphatic heterocycles. The number of carbonyl (C=O) groups excluding carboxylic acids is 3. The van der Waals surface area contributed by atoms with Crippen molar-refractivity contribution in [1.29, 1.82) is 0 Å². The van der Waals surface area contributed by atoms with Crippen LogP contribution in [0.3, 0.4) is 0 Å². The summed E-state index contributed by atoms with van der Waals surface area (Å²) in [5.41, 5.74) is 1.54. The van der Waals surface area contributed by atoms with Gasteiger partial charge in [0.15, 0.2) is 0 Å². The van der Waals surface area contributed by atoms with Crippen LogP contribution in [0.5, 0.6) is 0 Å². The summed E-state index contributed by atoms with van der Waals surface area (Å²) in [4.78, 5) is 49.0. The second-order valence-corrected chi connectivity index (χ2v) is 16.7. The van der Waals surface area contributed by atoms with E-state index < -0.39 is 57.0 Å². The molecule has 0 fully saturated rings. The molecule has 0 saturated carbocycles. The van der Waals surface area contributed by atoms with Gasteiger partial charge in [0.2, 0.25) is 0 Å². The molecule has 0 atom stereocenters. The molecule has 17 heteroatoms. The zero-order chi connectivity index (χ0) is 40.6. The highest BCUT2D eigenvalue weighted by molar-refractivity contribution is 7.87. The zero-order valence-corrected chi connectivity index (χ0v) is 33.2. The zero-order valence-electron chi connectivity index (χ0n) is 31.5. The van der Waals surface area contributed by atoms with Gasteiger partial charge in [-0.3, -0.25) is 28.0 Å². The highest BCUT2D eigenvalue weighted by atomic mass is 32.2. The number of carbonyl (C=O) groups is 3. The fourth-order valence-electron chi connectivity index (χ4n) is 5.08. The van der Waals surface area contributed by atoms with Crippen LogP contribution < -0.4 is 0 Å². The Labute approximate surface area is 320 Å². The Kier molecular flexibility index (Phi) is 14.0. The molecule has 0 aliphatic rings. The third-order valence-corrected chi connectivity index (χ3v) is 10.1. The number of pyridine rings is 2. The minimum Gasteiger partial charge on any atom is -0.465 e. The molecule has 4 aromatic rings. The molecule has 2 heterocycles. The van der Waals surface area contributed by atoms with Crippen LogP contribution in [0.1, 0.15) is 75.4 Å². The van der Waals surface area contributed by atoms with Gasteiger partial charge in [0.1, 0.15) is 18.8 Å². The van der Waals surface area contributed by atoms with Crippen molar-refractivity contribution in [3.05, 3.63) is 118 Å². The summed E-state index contributed by atoms with van der Waals surface area (Å²) in [7, 11) is -6.02. The van der Waals surface area contributed by atoms with Crippen LogP contribution in [0.15, 0.2) is 82.6 Å². The molecule has 0 saturated heterocycles. The largest absolute Gasteiger partial charge is 0.465 e. The lowest BCUT2D eigenvalue weighted by Gasteiger charge is -2.25. The van der Waals surface area contributed by atoms with E-state index >= 15 is 0 Å². The number of esters is 3. The van der Waals surface area contributed by atoms with Crippen molar-refractivity contribution in [1.82, 2.24) is 14.9 Å². The van der Waals surface area contributed by atoms with Crippen molar-refractivity contribution in [3.63, 3.8) is 0 Å². The van der Waals surface area contributed by atoms with Gasteiger partial charge in [0, 0.05) is 13.1 Å². The molecule has 0 N–H and O–H groups in total. The van der Waals surface area contributed by atoms with Crippen LogP contribution in [0.2, 0.25) is 0 Å². The highest BCUT2D eigenvalue weighted by Gasteiger charge is 2.24. The van der Waals surface area contributed by atoms with Gasteiger partial charge in [-0.2, -0.15) is 16.8 Å². The fraction of sp³-hybridized carbons (Fsp3) is 0.342. The summed E-state index contributed by atoms with van der Waals surface area (Å²) in [6, 6.07) is 17.6. The smallest absolute Gasteiger partial charge is 0.337 e. The summed E-state index contributed by atoms with van der Waals surface area (Å²) in [6.45, 7) is 7.09. The number of ether oxygens (including phenoxy) is 3. The fourth-order valence-corrected chi connectivity index (χ4v) is 6.85. The standard InChI is InChI=1S/C38H43N3O12S2/c1-25-8-12-33(13-9-25)54(45,46)51-23-31-18-27(36(43)49-6)16-29(39-31)20-41(22-35(42)53-38(3,4)5)21-30-17-28(37(44)50-7)19-32(40-30)24-52-55(47,48)34-14-10-26(2)11-15-34/h8-19H,20-24H2,1-7H3. The maximum absolute atomic E-state index is 13.1. The van der Waals surface area contributed by atoms with Gasteiger partial charge in [-0.25, -0.2) is 9.59 Å². The van der Waals surface area contributed by atoms with Gasteiger partial charge < -0.3 is 14.2 Å². The maximum Gasteiger partial charge on any atom is 0.337 e. The molecule has 0 amide bonds. The van der Waals surface area contributed by atoms with Crippen molar-refractivity contribution in [2.45, 2.75) is 76.3 Å². The van der Waals surface area contributed by atoms with Crippen LogP contribution in [-0.4, -0.2) is 76.0 Å². The third kappa shape index (κ3) is 12.8. The van der Waals surface area contributed by atoms with Crippen LogP contribution in [0.4, 0.5) is 0 Å². The predicted octanol–water partition coefficient (Wildman–Crippen LogP) is 4.82. The van der Waals surface area contributed by atoms with E-state index in [0.717, 1.165) is 11.1 Å². The Morgan fingerprint density at radius 2 is 0.982 bits per heavy atom. The van der Waals surface area contributed by atoms with Crippen molar-refractivity contribution in [2.75, 3.05) is 20.8 Å². The van der Waals surface area contributed by atoms with Crippen LogP contribution in [0.25, 0.3) is 0 Å². The molecule has 55 heavy (non-hydrogen) atoms. The van der Waals surface area contributed by atoms with E-state index in [1.165, 1.54) is 62.8 Å². The third-order valence-electron chi connectivity index (χ3n) is 7.59. The van der Waals surface area contributed by atoms with Crippen LogP contribution >= 0.6 is 0 Å². The number of methoxy groups -OCH3 is 2. The summed E-state index contributed by atoms with van der Waals surface area (Å²) in [6.07, 6.45) is 0. The molecule has 2 aromatic carbocycles. The molecule has 15 nitrogen and oxygen atoms in total. The van der Waals surface area contributed by atoms with Gasteiger partial charge >= 0.3 is 17.9 Å². The monoisotopic (exact) mass is 797 g/mol. The molecule has 0 aliphatic carbocycles. The van der Waals surface area contributed by atoms with Gasteiger partial charge in [0.25, 0.3) is 20.2 Å². The number of rotatable bonds is 16. The lowest BCUT2D eigenvalue weighted by atomic mass is 10.1.